The molecular formula is C18H22N4O4. The number of piperidine rings is 1. The zero-order valence-corrected chi connectivity index (χ0v) is 14.7. The first-order valence-electron chi connectivity index (χ1n) is 8.52. The second-order valence-corrected chi connectivity index (χ2v) is 5.93. The molecule has 26 heavy (non-hydrogen) atoms. The molecule has 138 valence electrons. The molecule has 0 aromatic carbocycles. The molecule has 0 unspecified atom stereocenters. The molecule has 3 rings (SSSR count). The average Bonchev–Trinajstić information content (AvgIpc) is 3.17. The Balaban J connectivity index is 1.66. The second kappa shape index (κ2) is 8.37. The first-order chi connectivity index (χ1) is 12.7. The van der Waals surface area contributed by atoms with Crippen molar-refractivity contribution in [3.05, 3.63) is 47.5 Å². The van der Waals surface area contributed by atoms with E-state index in [2.05, 4.69) is 19.8 Å². The molecule has 0 aliphatic carbocycles. The molecular weight excluding hydrogens is 336 g/mol. The number of rotatable bonds is 6. The van der Waals surface area contributed by atoms with E-state index in [0.717, 1.165) is 37.3 Å². The molecule has 8 heteroatoms. The van der Waals surface area contributed by atoms with Crippen molar-refractivity contribution in [2.24, 2.45) is 10.9 Å². The number of amidine groups is 1. The lowest BCUT2D eigenvalue weighted by Crippen LogP contribution is -2.32. The van der Waals surface area contributed by atoms with Gasteiger partial charge in [0.05, 0.1) is 12.7 Å². The van der Waals surface area contributed by atoms with Gasteiger partial charge in [-0.2, -0.15) is 0 Å². The standard InChI is InChI=1S/C18H22N4O4/c1-24-18(23)15-8-7-13(26-15)12-25-21-16(19)14-6-5-9-20-17(14)22-10-3-2-4-11-22/h5-9H,2-4,10-12H2,1H3,(H2,19,21). The van der Waals surface area contributed by atoms with Crippen LogP contribution >= 0.6 is 0 Å². The van der Waals surface area contributed by atoms with Crippen molar-refractivity contribution in [2.45, 2.75) is 25.9 Å². The summed E-state index contributed by atoms with van der Waals surface area (Å²) in [4.78, 5) is 23.3. The molecule has 2 N–H and O–H groups in total. The fourth-order valence-corrected chi connectivity index (χ4v) is 2.84. The van der Waals surface area contributed by atoms with Gasteiger partial charge < -0.3 is 24.6 Å². The lowest BCUT2D eigenvalue weighted by atomic mass is 10.1. The van der Waals surface area contributed by atoms with E-state index >= 15 is 0 Å². The monoisotopic (exact) mass is 358 g/mol. The summed E-state index contributed by atoms with van der Waals surface area (Å²) < 4.78 is 9.90. The van der Waals surface area contributed by atoms with E-state index in [4.69, 9.17) is 15.0 Å². The van der Waals surface area contributed by atoms with Gasteiger partial charge in [-0.25, -0.2) is 9.78 Å². The maximum absolute atomic E-state index is 11.4. The van der Waals surface area contributed by atoms with Crippen molar-refractivity contribution in [3.63, 3.8) is 0 Å². The van der Waals surface area contributed by atoms with Gasteiger partial charge in [-0.05, 0) is 43.5 Å². The van der Waals surface area contributed by atoms with Crippen molar-refractivity contribution in [2.75, 3.05) is 25.1 Å². The third-order valence-electron chi connectivity index (χ3n) is 4.14. The Labute approximate surface area is 151 Å². The SMILES string of the molecule is COC(=O)c1ccc(CON=C(N)c2cccnc2N2CCCCC2)o1. The fourth-order valence-electron chi connectivity index (χ4n) is 2.84. The lowest BCUT2D eigenvalue weighted by Gasteiger charge is -2.29. The van der Waals surface area contributed by atoms with E-state index in [1.54, 1.807) is 12.3 Å². The van der Waals surface area contributed by atoms with Gasteiger partial charge in [0.1, 0.15) is 11.6 Å². The van der Waals surface area contributed by atoms with Crippen LogP contribution in [-0.4, -0.2) is 37.0 Å². The fraction of sp³-hybridized carbons (Fsp3) is 0.389. The first-order valence-corrected chi connectivity index (χ1v) is 8.52. The quantitative estimate of drug-likeness (QED) is 0.366. The molecule has 0 radical (unpaired) electrons. The third kappa shape index (κ3) is 4.14. The summed E-state index contributed by atoms with van der Waals surface area (Å²) in [5, 5.41) is 3.97. The van der Waals surface area contributed by atoms with Gasteiger partial charge in [-0.1, -0.05) is 5.16 Å². The summed E-state index contributed by atoms with van der Waals surface area (Å²) in [6, 6.07) is 6.84. The van der Waals surface area contributed by atoms with E-state index < -0.39 is 5.97 Å². The van der Waals surface area contributed by atoms with Gasteiger partial charge in [-0.3, -0.25) is 0 Å². The number of nitrogens with two attached hydrogens (primary N) is 1. The van der Waals surface area contributed by atoms with Gasteiger partial charge in [-0.15, -0.1) is 0 Å². The highest BCUT2D eigenvalue weighted by molar-refractivity contribution is 6.01. The van der Waals surface area contributed by atoms with Crippen LogP contribution in [0.4, 0.5) is 5.82 Å². The van der Waals surface area contributed by atoms with Gasteiger partial charge >= 0.3 is 5.97 Å². The molecule has 1 fully saturated rings. The van der Waals surface area contributed by atoms with Crippen LogP contribution in [0.2, 0.25) is 0 Å². The second-order valence-electron chi connectivity index (χ2n) is 5.93. The minimum atomic E-state index is -0.541. The van der Waals surface area contributed by atoms with Crippen LogP contribution in [0.1, 0.15) is 41.1 Å². The number of hydrogen-bond acceptors (Lipinski definition) is 7. The molecule has 0 atom stereocenters. The molecule has 1 aliphatic heterocycles. The zero-order chi connectivity index (χ0) is 18.4. The number of esters is 1. The molecule has 0 bridgehead atoms. The van der Waals surface area contributed by atoms with Crippen molar-refractivity contribution in [1.82, 2.24) is 4.98 Å². The molecule has 0 saturated carbocycles. The van der Waals surface area contributed by atoms with Crippen molar-refractivity contribution in [1.29, 1.82) is 0 Å². The van der Waals surface area contributed by atoms with Crippen LogP contribution < -0.4 is 10.6 Å². The number of oxime groups is 1. The van der Waals surface area contributed by atoms with E-state index in [9.17, 15) is 4.79 Å². The summed E-state index contributed by atoms with van der Waals surface area (Å²) in [5.41, 5.74) is 6.84. The van der Waals surface area contributed by atoms with Crippen molar-refractivity contribution < 1.29 is 18.8 Å². The Bertz CT molecular complexity index is 781. The Morgan fingerprint density at radius 1 is 1.31 bits per heavy atom. The highest BCUT2D eigenvalue weighted by Gasteiger charge is 2.17. The predicted octanol–water partition coefficient (Wildman–Crippen LogP) is 2.29. The number of carbonyl (C=O) groups is 1. The van der Waals surface area contributed by atoms with E-state index in [1.807, 2.05) is 12.1 Å². The Kier molecular flexibility index (Phi) is 5.73. The number of methoxy groups -OCH3 is 1. The molecule has 0 amide bonds. The van der Waals surface area contributed by atoms with Crippen molar-refractivity contribution in [3.8, 4) is 0 Å². The van der Waals surface area contributed by atoms with Crippen LogP contribution in [0.25, 0.3) is 0 Å². The maximum atomic E-state index is 11.4. The highest BCUT2D eigenvalue weighted by Crippen LogP contribution is 2.21. The van der Waals surface area contributed by atoms with E-state index in [1.165, 1.54) is 19.6 Å². The number of hydrogen-bond donors (Lipinski definition) is 1. The molecule has 1 aliphatic rings. The predicted molar refractivity (Wildman–Crippen MR) is 95.9 cm³/mol. The number of anilines is 1. The van der Waals surface area contributed by atoms with Crippen LogP contribution in [-0.2, 0) is 16.2 Å². The van der Waals surface area contributed by atoms with Crippen LogP contribution in [0.3, 0.4) is 0 Å². The summed E-state index contributed by atoms with van der Waals surface area (Å²) in [7, 11) is 1.29. The smallest absolute Gasteiger partial charge is 0.373 e. The minimum Gasteiger partial charge on any atom is -0.463 e. The topological polar surface area (TPSA) is 103 Å². The van der Waals surface area contributed by atoms with Crippen LogP contribution in [0.15, 0.2) is 40.0 Å². The Morgan fingerprint density at radius 3 is 2.88 bits per heavy atom. The number of nitrogens with zero attached hydrogens (tertiary/aromatic N) is 3. The summed E-state index contributed by atoms with van der Waals surface area (Å²) in [6.45, 7) is 1.97. The van der Waals surface area contributed by atoms with Crippen LogP contribution in [0, 0.1) is 0 Å². The highest BCUT2D eigenvalue weighted by atomic mass is 16.6. The number of carbonyl (C=O) groups excluding carboxylic acids is 1. The van der Waals surface area contributed by atoms with Crippen molar-refractivity contribution >= 4 is 17.6 Å². The first kappa shape index (κ1) is 17.8. The lowest BCUT2D eigenvalue weighted by molar-refractivity contribution is 0.0553. The number of aromatic nitrogens is 1. The number of pyridine rings is 1. The molecule has 3 heterocycles. The molecule has 1 saturated heterocycles. The number of ether oxygens (including phenoxy) is 1. The molecule has 2 aromatic rings. The normalized spacial score (nSPS) is 15.0. The third-order valence-corrected chi connectivity index (χ3v) is 4.14. The van der Waals surface area contributed by atoms with Gasteiger partial charge in [0, 0.05) is 19.3 Å². The molecule has 8 nitrogen and oxygen atoms in total. The molecule has 2 aromatic heterocycles. The van der Waals surface area contributed by atoms with Gasteiger partial charge in [0.2, 0.25) is 5.76 Å². The summed E-state index contributed by atoms with van der Waals surface area (Å²) in [5.74, 6) is 1.09. The van der Waals surface area contributed by atoms with Gasteiger partial charge in [0.25, 0.3) is 0 Å². The summed E-state index contributed by atoms with van der Waals surface area (Å²) in [6.07, 6.45) is 5.27. The van der Waals surface area contributed by atoms with E-state index in [0.29, 0.717) is 5.76 Å². The average molecular weight is 358 g/mol. The summed E-state index contributed by atoms with van der Waals surface area (Å²) >= 11 is 0. The number of furan rings is 1. The Morgan fingerprint density at radius 2 is 2.12 bits per heavy atom. The minimum absolute atomic E-state index is 0.0526. The zero-order valence-electron chi connectivity index (χ0n) is 14.7. The van der Waals surface area contributed by atoms with Gasteiger partial charge in [0.15, 0.2) is 12.4 Å². The largest absolute Gasteiger partial charge is 0.463 e. The van der Waals surface area contributed by atoms with E-state index in [-0.39, 0.29) is 18.2 Å². The van der Waals surface area contributed by atoms with Crippen LogP contribution in [0.5, 0.6) is 0 Å². The Hall–Kier alpha value is -3.03. The molecule has 0 spiro atoms. The maximum Gasteiger partial charge on any atom is 0.373 e.